The molecule has 0 bridgehead atoms. The van der Waals surface area contributed by atoms with E-state index in [1.807, 2.05) is 36.4 Å². The highest BCUT2D eigenvalue weighted by Gasteiger charge is 1.92. The van der Waals surface area contributed by atoms with Crippen LogP contribution in [0, 0.1) is 0 Å². The van der Waals surface area contributed by atoms with Crippen molar-refractivity contribution in [2.45, 2.75) is 0 Å². The molecule has 0 heterocycles. The van der Waals surface area contributed by atoms with Crippen molar-refractivity contribution < 1.29 is 13.0 Å². The van der Waals surface area contributed by atoms with Gasteiger partial charge in [-0.25, -0.2) is 8.42 Å². The van der Waals surface area contributed by atoms with Crippen molar-refractivity contribution in [2.24, 2.45) is 0 Å². The van der Waals surface area contributed by atoms with Gasteiger partial charge in [-0.15, -0.1) is 0 Å². The van der Waals surface area contributed by atoms with Gasteiger partial charge in [0.2, 0.25) is 0 Å². The molecule has 0 fully saturated rings. The van der Waals surface area contributed by atoms with Crippen molar-refractivity contribution in [2.75, 3.05) is 0 Å². The average molecular weight is 346 g/mol. The number of thiol groups is 1. The van der Waals surface area contributed by atoms with Crippen LogP contribution in [0.2, 0.25) is 0 Å². The summed E-state index contributed by atoms with van der Waals surface area (Å²) in [6.45, 7) is 0. The Hall–Kier alpha value is -2.00. The van der Waals surface area contributed by atoms with Crippen LogP contribution in [0.3, 0.4) is 0 Å². The molecule has 120 valence electrons. The van der Waals surface area contributed by atoms with Crippen molar-refractivity contribution in [1.82, 2.24) is 0 Å². The third-order valence-electron chi connectivity index (χ3n) is 2.50. The lowest BCUT2D eigenvalue weighted by Crippen LogP contribution is -2.01. The van der Waals surface area contributed by atoms with E-state index < -0.39 is 11.0 Å². The molecule has 0 radical (unpaired) electrons. The first-order valence-electron chi connectivity index (χ1n) is 6.89. The average Bonchev–Trinajstić information content (AvgIpc) is 2.58. The van der Waals surface area contributed by atoms with Crippen molar-refractivity contribution in [3.05, 3.63) is 97.1 Å². The molecule has 0 aliphatic rings. The Morgan fingerprint density at radius 2 is 0.783 bits per heavy atom. The van der Waals surface area contributed by atoms with Gasteiger partial charge in [-0.2, -0.15) is 0 Å². The van der Waals surface area contributed by atoms with Gasteiger partial charge in [-0.05, 0) is 10.6 Å². The molecule has 0 aromatic heterocycles. The van der Waals surface area contributed by atoms with E-state index in [1.165, 1.54) is 10.6 Å². The zero-order chi connectivity index (χ0) is 16.8. The van der Waals surface area contributed by atoms with E-state index in [1.54, 1.807) is 0 Å². The molecule has 0 unspecified atom stereocenters. The zero-order valence-electron chi connectivity index (χ0n) is 12.4. The third kappa shape index (κ3) is 11.2. The maximum Gasteiger partial charge on any atom is 0.254 e. The monoisotopic (exact) mass is 346 g/mol. The van der Waals surface area contributed by atoms with Crippen LogP contribution in [0.4, 0.5) is 0 Å². The van der Waals surface area contributed by atoms with Crippen molar-refractivity contribution in [3.63, 3.8) is 0 Å². The first kappa shape index (κ1) is 19.0. The molecule has 0 aliphatic heterocycles. The van der Waals surface area contributed by atoms with Gasteiger partial charge in [0.25, 0.3) is 11.0 Å². The molecule has 5 heteroatoms. The number of hydrogen-bond acceptors (Lipinski definition) is 2. The molecule has 0 amide bonds. The van der Waals surface area contributed by atoms with E-state index in [2.05, 4.69) is 60.7 Å². The van der Waals surface area contributed by atoms with Gasteiger partial charge in [-0.1, -0.05) is 106 Å². The van der Waals surface area contributed by atoms with Gasteiger partial charge in [-0.3, -0.25) is 4.55 Å². The second-order valence-electron chi connectivity index (χ2n) is 4.25. The van der Waals surface area contributed by atoms with Crippen molar-refractivity contribution in [3.8, 4) is 0 Å². The molecule has 0 atom stereocenters. The van der Waals surface area contributed by atoms with Crippen LogP contribution in [0.5, 0.6) is 0 Å². The molecule has 0 aliphatic carbocycles. The van der Waals surface area contributed by atoms with Crippen LogP contribution in [-0.2, 0) is 11.0 Å². The van der Waals surface area contributed by atoms with Gasteiger partial charge < -0.3 is 0 Å². The molecule has 3 aromatic rings. The summed E-state index contributed by atoms with van der Waals surface area (Å²) >= 11 is 0. The first-order chi connectivity index (χ1) is 11.2. The second kappa shape index (κ2) is 12.5. The lowest BCUT2D eigenvalue weighted by molar-refractivity contribution is 0.509. The molecular weight excluding hydrogens is 327 g/mol. The summed E-state index contributed by atoms with van der Waals surface area (Å²) in [5, 5.41) is 2.79. The zero-order valence-corrected chi connectivity index (χ0v) is 14.3. The highest BCUT2D eigenvalue weighted by Crippen LogP contribution is 2.08. The fourth-order valence-corrected chi connectivity index (χ4v) is 2.65. The van der Waals surface area contributed by atoms with E-state index in [0.717, 1.165) is 8.58 Å². The fourth-order valence-electron chi connectivity index (χ4n) is 1.59. The quantitative estimate of drug-likeness (QED) is 0.426. The van der Waals surface area contributed by atoms with Gasteiger partial charge in [0.05, 0.1) is 0 Å². The predicted octanol–water partition coefficient (Wildman–Crippen LogP) is 3.07. The largest absolute Gasteiger partial charge is 0.288 e. The summed E-state index contributed by atoms with van der Waals surface area (Å²) in [5.41, 5.74) is 0. The maximum absolute atomic E-state index is 8.59. The molecule has 0 spiro atoms. The predicted molar refractivity (Wildman–Crippen MR) is 99.9 cm³/mol. The van der Waals surface area contributed by atoms with E-state index >= 15 is 0 Å². The third-order valence-corrected chi connectivity index (χ3v) is 3.75. The summed E-state index contributed by atoms with van der Waals surface area (Å²) in [6.07, 6.45) is 0. The normalized spacial score (nSPS) is 9.13. The topological polar surface area (TPSA) is 54.4 Å². The van der Waals surface area contributed by atoms with E-state index in [-0.39, 0.29) is 0 Å². The van der Waals surface area contributed by atoms with Crippen LogP contribution in [0.25, 0.3) is 0 Å². The Bertz CT molecular complexity index is 630. The van der Waals surface area contributed by atoms with E-state index in [9.17, 15) is 0 Å². The van der Waals surface area contributed by atoms with Crippen LogP contribution >= 0.6 is 8.58 Å². The van der Waals surface area contributed by atoms with Gasteiger partial charge in [0, 0.05) is 0 Å². The van der Waals surface area contributed by atoms with E-state index in [4.69, 9.17) is 13.0 Å². The van der Waals surface area contributed by atoms with Crippen molar-refractivity contribution in [1.29, 1.82) is 0 Å². The molecule has 1 N–H and O–H groups in total. The summed E-state index contributed by atoms with van der Waals surface area (Å²) in [5.74, 6) is 0. The smallest absolute Gasteiger partial charge is 0.254 e. The molecule has 3 rings (SSSR count). The molecule has 23 heavy (non-hydrogen) atoms. The van der Waals surface area contributed by atoms with Gasteiger partial charge in [0.1, 0.15) is 0 Å². The lowest BCUT2D eigenvalue weighted by Gasteiger charge is -2.00. The van der Waals surface area contributed by atoms with Crippen LogP contribution in [0.1, 0.15) is 0 Å². The summed E-state index contributed by atoms with van der Waals surface area (Å²) in [6, 6.07) is 33.2. The second-order valence-corrected chi connectivity index (χ2v) is 6.13. The molecular formula is C18H19O3PS. The minimum absolute atomic E-state index is 0.777. The molecule has 0 saturated carbocycles. The summed E-state index contributed by atoms with van der Waals surface area (Å²) in [4.78, 5) is 0. The standard InChI is InChI=1S/C12H11P.C6H6.H2O3S/c1-3-7-11(8-4-1)13-12-9-5-2-6-10-12;1-2-4-6-5-3-1;1-4(2)3/h1-10,13H;1-6H;4H,(H,1,2,3). The van der Waals surface area contributed by atoms with Gasteiger partial charge >= 0.3 is 0 Å². The Labute approximate surface area is 140 Å². The highest BCUT2D eigenvalue weighted by molar-refractivity contribution is 7.66. The van der Waals surface area contributed by atoms with Crippen LogP contribution in [-0.4, -0.2) is 13.0 Å². The number of rotatable bonds is 2. The Morgan fingerprint density at radius 3 is 1.04 bits per heavy atom. The minimum Gasteiger partial charge on any atom is -0.288 e. The SMILES string of the molecule is O=[SH](=O)O.c1ccc(Pc2ccccc2)cc1.c1ccccc1. The molecule has 3 aromatic carbocycles. The molecule has 0 saturated heterocycles. The maximum atomic E-state index is 8.59. The number of hydrogen-bond donors (Lipinski definition) is 2. The Morgan fingerprint density at radius 1 is 0.565 bits per heavy atom. The van der Waals surface area contributed by atoms with E-state index in [0.29, 0.717) is 0 Å². The Kier molecular flexibility index (Phi) is 10.4. The highest BCUT2D eigenvalue weighted by atomic mass is 32.2. The van der Waals surface area contributed by atoms with Crippen LogP contribution < -0.4 is 10.6 Å². The number of benzene rings is 3. The van der Waals surface area contributed by atoms with Crippen molar-refractivity contribution >= 4 is 30.2 Å². The summed E-state index contributed by atoms with van der Waals surface area (Å²) in [7, 11) is -2.34. The lowest BCUT2D eigenvalue weighted by atomic mass is 10.4. The molecule has 3 nitrogen and oxygen atoms in total. The fraction of sp³-hybridized carbons (Fsp3) is 0. The minimum atomic E-state index is -3.12. The van der Waals surface area contributed by atoms with Gasteiger partial charge in [0.15, 0.2) is 0 Å². The first-order valence-corrected chi connectivity index (χ1v) is 9.02. The van der Waals surface area contributed by atoms with Crippen LogP contribution in [0.15, 0.2) is 97.1 Å². The Balaban J connectivity index is 0.000000220. The summed E-state index contributed by atoms with van der Waals surface area (Å²) < 4.78 is 24.2.